The highest BCUT2D eigenvalue weighted by molar-refractivity contribution is 6.36. The minimum absolute atomic E-state index is 0. The number of H-pyrrole nitrogens is 1. The highest BCUT2D eigenvalue weighted by atomic mass is 35.5. The quantitative estimate of drug-likeness (QED) is 0.133. The van der Waals surface area contributed by atoms with Gasteiger partial charge in [0.15, 0.2) is 0 Å². The van der Waals surface area contributed by atoms with E-state index in [1.165, 1.54) is 12.3 Å². The van der Waals surface area contributed by atoms with Crippen LogP contribution in [0.15, 0.2) is 55.1 Å². The Morgan fingerprint density at radius 2 is 1.71 bits per heavy atom. The molecule has 3 aromatic heterocycles. The first kappa shape index (κ1) is 30.1. The zero-order chi connectivity index (χ0) is 22.5. The summed E-state index contributed by atoms with van der Waals surface area (Å²) in [7, 11) is 0. The molecule has 0 amide bonds. The number of anilines is 2. The van der Waals surface area contributed by atoms with Gasteiger partial charge in [-0.25, -0.2) is 19.9 Å². The Labute approximate surface area is 228 Å². The Morgan fingerprint density at radius 3 is 2.34 bits per heavy atom. The molecule has 0 unspecified atom stereocenters. The lowest BCUT2D eigenvalue weighted by Gasteiger charge is -2.12. The van der Waals surface area contributed by atoms with Crippen LogP contribution in [-0.2, 0) is 0 Å². The van der Waals surface area contributed by atoms with Gasteiger partial charge in [-0.05, 0) is 24.3 Å². The number of halogens is 5. The van der Waals surface area contributed by atoms with E-state index in [9.17, 15) is 10.1 Å². The van der Waals surface area contributed by atoms with Gasteiger partial charge in [0.05, 0.1) is 21.2 Å². The van der Waals surface area contributed by atoms with E-state index in [2.05, 4.69) is 35.6 Å². The number of benzene rings is 1. The molecule has 0 saturated heterocycles. The number of nitro groups is 1. The summed E-state index contributed by atoms with van der Waals surface area (Å²) >= 11 is 12.5. The molecule has 0 fully saturated rings. The minimum Gasteiger partial charge on any atom is -0.368 e. The molecule has 10 nitrogen and oxygen atoms in total. The van der Waals surface area contributed by atoms with Gasteiger partial charge in [0.2, 0.25) is 5.95 Å². The number of rotatable bonds is 8. The maximum atomic E-state index is 10.7. The first-order chi connectivity index (χ1) is 15.5. The molecule has 15 heteroatoms. The molecule has 0 spiro atoms. The number of hydrogen-bond donors (Lipinski definition) is 3. The zero-order valence-electron chi connectivity index (χ0n) is 17.6. The SMILES string of the molecule is Cl.Cl.Cl.O=[N+]([O-])c1ccc(NCCNc2ncc(-c3ncc[nH]3)c(-c3ccc(Cl)cc3Cl)n2)nc1. The van der Waals surface area contributed by atoms with Gasteiger partial charge in [-0.1, -0.05) is 23.2 Å². The number of pyridine rings is 1. The minimum atomic E-state index is -0.493. The van der Waals surface area contributed by atoms with Crippen molar-refractivity contribution in [2.24, 2.45) is 0 Å². The maximum absolute atomic E-state index is 10.7. The van der Waals surface area contributed by atoms with Gasteiger partial charge in [-0.15, -0.1) is 37.2 Å². The van der Waals surface area contributed by atoms with Crippen LogP contribution in [0.2, 0.25) is 10.0 Å². The van der Waals surface area contributed by atoms with E-state index in [1.807, 2.05) is 0 Å². The summed E-state index contributed by atoms with van der Waals surface area (Å²) < 4.78 is 0. The van der Waals surface area contributed by atoms with E-state index >= 15 is 0 Å². The van der Waals surface area contributed by atoms with Crippen LogP contribution in [0, 0.1) is 10.1 Å². The molecule has 4 rings (SSSR count). The van der Waals surface area contributed by atoms with Crippen LogP contribution in [0.5, 0.6) is 0 Å². The molecule has 35 heavy (non-hydrogen) atoms. The van der Waals surface area contributed by atoms with Gasteiger partial charge in [0.1, 0.15) is 17.8 Å². The second-order valence-electron chi connectivity index (χ2n) is 6.53. The number of hydrogen-bond acceptors (Lipinski definition) is 8. The number of aromatic nitrogens is 5. The fourth-order valence-corrected chi connectivity index (χ4v) is 3.40. The largest absolute Gasteiger partial charge is 0.368 e. The van der Waals surface area contributed by atoms with Crippen LogP contribution >= 0.6 is 60.4 Å². The van der Waals surface area contributed by atoms with Crippen molar-refractivity contribution >= 4 is 77.9 Å². The summed E-state index contributed by atoms with van der Waals surface area (Å²) in [4.78, 5) is 30.6. The maximum Gasteiger partial charge on any atom is 0.287 e. The van der Waals surface area contributed by atoms with Crippen LogP contribution in [0.25, 0.3) is 22.6 Å². The Bertz CT molecular complexity index is 1240. The molecule has 3 heterocycles. The average Bonchev–Trinajstić information content (AvgIpc) is 3.32. The molecule has 1 aromatic carbocycles. The Kier molecular flexibility index (Phi) is 11.9. The molecule has 4 aromatic rings. The first-order valence-corrected chi connectivity index (χ1v) is 10.2. The second kappa shape index (κ2) is 13.9. The Balaban J connectivity index is 0.00000204. The first-order valence-electron chi connectivity index (χ1n) is 9.41. The third kappa shape index (κ3) is 7.55. The third-order valence-electron chi connectivity index (χ3n) is 4.40. The van der Waals surface area contributed by atoms with Crippen LogP contribution in [-0.4, -0.2) is 42.9 Å². The second-order valence-corrected chi connectivity index (χ2v) is 7.37. The van der Waals surface area contributed by atoms with Crippen LogP contribution in [0.4, 0.5) is 17.5 Å². The molecule has 0 atom stereocenters. The standard InChI is InChI=1S/C20H16Cl2N8O2.3ClH/c21-12-1-3-14(16(22)9-12)18-15(19-24-6-7-25-19)11-28-20(29-18)26-8-5-23-17-4-2-13(10-27-17)30(31)32;;;/h1-4,6-7,9-11H,5,8H2,(H,23,27)(H,24,25)(H,26,28,29);3*1H. The monoisotopic (exact) mass is 578 g/mol. The zero-order valence-corrected chi connectivity index (χ0v) is 21.6. The summed E-state index contributed by atoms with van der Waals surface area (Å²) in [6, 6.07) is 8.13. The van der Waals surface area contributed by atoms with E-state index < -0.39 is 4.92 Å². The van der Waals surface area contributed by atoms with Crippen molar-refractivity contribution in [1.82, 2.24) is 24.9 Å². The molecular formula is C20H19Cl5N8O2. The van der Waals surface area contributed by atoms with Crippen molar-refractivity contribution < 1.29 is 4.92 Å². The molecule has 0 aliphatic rings. The molecular weight excluding hydrogens is 562 g/mol. The molecule has 0 radical (unpaired) electrons. The van der Waals surface area contributed by atoms with Gasteiger partial charge in [-0.2, -0.15) is 0 Å². The van der Waals surface area contributed by atoms with Crippen molar-refractivity contribution in [3.63, 3.8) is 0 Å². The molecule has 0 bridgehead atoms. The number of nitrogens with one attached hydrogen (secondary N) is 3. The topological polar surface area (TPSA) is 135 Å². The average molecular weight is 581 g/mol. The van der Waals surface area contributed by atoms with Crippen molar-refractivity contribution in [2.45, 2.75) is 0 Å². The van der Waals surface area contributed by atoms with Gasteiger partial charge >= 0.3 is 0 Å². The lowest BCUT2D eigenvalue weighted by Crippen LogP contribution is -2.16. The van der Waals surface area contributed by atoms with Gasteiger partial charge in [0.25, 0.3) is 5.69 Å². The number of nitrogens with zero attached hydrogens (tertiary/aromatic N) is 5. The highest BCUT2D eigenvalue weighted by Gasteiger charge is 2.16. The van der Waals surface area contributed by atoms with E-state index in [1.54, 1.807) is 42.9 Å². The van der Waals surface area contributed by atoms with E-state index in [0.29, 0.717) is 57.5 Å². The molecule has 0 aliphatic heterocycles. The normalized spacial score (nSPS) is 9.77. The number of aromatic amines is 1. The van der Waals surface area contributed by atoms with Gasteiger partial charge in [0, 0.05) is 48.3 Å². The van der Waals surface area contributed by atoms with E-state index in [0.717, 1.165) is 0 Å². The predicted octanol–water partition coefficient (Wildman–Crippen LogP) is 5.93. The number of imidazole rings is 1. The third-order valence-corrected chi connectivity index (χ3v) is 4.95. The van der Waals surface area contributed by atoms with Gasteiger partial charge in [-0.3, -0.25) is 10.1 Å². The summed E-state index contributed by atoms with van der Waals surface area (Å²) in [5, 5.41) is 17.9. The Hall–Kier alpha value is -2.89. The van der Waals surface area contributed by atoms with Crippen LogP contribution in [0.3, 0.4) is 0 Å². The molecule has 0 aliphatic carbocycles. The predicted molar refractivity (Wildman–Crippen MR) is 145 cm³/mol. The molecule has 0 saturated carbocycles. The lowest BCUT2D eigenvalue weighted by molar-refractivity contribution is -0.385. The highest BCUT2D eigenvalue weighted by Crippen LogP contribution is 2.34. The summed E-state index contributed by atoms with van der Waals surface area (Å²) in [6.45, 7) is 0.970. The van der Waals surface area contributed by atoms with E-state index in [4.69, 9.17) is 23.2 Å². The van der Waals surface area contributed by atoms with Crippen molar-refractivity contribution in [1.29, 1.82) is 0 Å². The fraction of sp³-hybridized carbons (Fsp3) is 0.100. The van der Waals surface area contributed by atoms with Crippen molar-refractivity contribution in [2.75, 3.05) is 23.7 Å². The van der Waals surface area contributed by atoms with Crippen molar-refractivity contribution in [3.8, 4) is 22.6 Å². The van der Waals surface area contributed by atoms with Crippen LogP contribution < -0.4 is 10.6 Å². The van der Waals surface area contributed by atoms with E-state index in [-0.39, 0.29) is 42.9 Å². The molecule has 3 N–H and O–H groups in total. The van der Waals surface area contributed by atoms with Crippen LogP contribution in [0.1, 0.15) is 0 Å². The summed E-state index contributed by atoms with van der Waals surface area (Å²) in [5.41, 5.74) is 1.93. The van der Waals surface area contributed by atoms with Crippen molar-refractivity contribution in [3.05, 3.63) is 75.3 Å². The Morgan fingerprint density at radius 1 is 0.943 bits per heavy atom. The lowest BCUT2D eigenvalue weighted by atomic mass is 10.1. The fourth-order valence-electron chi connectivity index (χ4n) is 2.90. The summed E-state index contributed by atoms with van der Waals surface area (Å²) in [5.74, 6) is 1.54. The smallest absolute Gasteiger partial charge is 0.287 e. The van der Waals surface area contributed by atoms with Gasteiger partial charge < -0.3 is 15.6 Å². The molecule has 186 valence electrons. The summed E-state index contributed by atoms with van der Waals surface area (Å²) in [6.07, 6.45) is 6.23.